The zero-order valence-corrected chi connectivity index (χ0v) is 14.0. The number of carbonyl (C=O) groups excluding carboxylic acids is 2. The van der Waals surface area contributed by atoms with Crippen molar-refractivity contribution >= 4 is 17.7 Å². The minimum atomic E-state index is -0.598. The zero-order valence-electron chi connectivity index (χ0n) is 14.0. The Hall–Kier alpha value is -3.34. The first-order valence-corrected chi connectivity index (χ1v) is 7.66. The molecule has 0 bridgehead atoms. The summed E-state index contributed by atoms with van der Waals surface area (Å²) in [7, 11) is 1.26. The number of oxazole rings is 1. The number of anilines is 1. The van der Waals surface area contributed by atoms with Gasteiger partial charge in [-0.3, -0.25) is 0 Å². The molecular formula is C17H18N4O4. The second kappa shape index (κ2) is 8.49. The second-order valence-electron chi connectivity index (χ2n) is 5.16. The van der Waals surface area contributed by atoms with Gasteiger partial charge in [-0.05, 0) is 30.7 Å². The van der Waals surface area contributed by atoms with E-state index in [0.717, 1.165) is 6.42 Å². The van der Waals surface area contributed by atoms with Crippen LogP contribution in [0.1, 0.15) is 35.3 Å². The van der Waals surface area contributed by atoms with Crippen molar-refractivity contribution in [1.29, 1.82) is 5.26 Å². The van der Waals surface area contributed by atoms with Gasteiger partial charge in [0.05, 0.1) is 25.3 Å². The molecule has 0 fully saturated rings. The Kier molecular flexibility index (Phi) is 6.12. The summed E-state index contributed by atoms with van der Waals surface area (Å²) in [6, 6.07) is 8.24. The number of urea groups is 1. The van der Waals surface area contributed by atoms with Gasteiger partial charge in [0.1, 0.15) is 6.26 Å². The largest absolute Gasteiger partial charge is 0.464 e. The van der Waals surface area contributed by atoms with Crippen molar-refractivity contribution in [3.8, 4) is 6.07 Å². The number of benzene rings is 1. The molecule has 0 saturated heterocycles. The van der Waals surface area contributed by atoms with Crippen LogP contribution in [0.25, 0.3) is 0 Å². The highest BCUT2D eigenvalue weighted by Crippen LogP contribution is 2.12. The lowest BCUT2D eigenvalue weighted by atomic mass is 10.2. The number of esters is 1. The summed E-state index contributed by atoms with van der Waals surface area (Å²) in [5.41, 5.74) is 1.15. The lowest BCUT2D eigenvalue weighted by molar-refractivity contribution is 0.0594. The minimum Gasteiger partial charge on any atom is -0.464 e. The van der Waals surface area contributed by atoms with Gasteiger partial charge < -0.3 is 19.4 Å². The summed E-state index contributed by atoms with van der Waals surface area (Å²) in [5.74, 6) is -0.358. The van der Waals surface area contributed by atoms with E-state index in [9.17, 15) is 9.59 Å². The van der Waals surface area contributed by atoms with Crippen molar-refractivity contribution in [2.45, 2.75) is 19.9 Å². The Morgan fingerprint density at radius 3 is 2.68 bits per heavy atom. The second-order valence-corrected chi connectivity index (χ2v) is 5.16. The molecule has 25 heavy (non-hydrogen) atoms. The maximum atomic E-state index is 12.4. The SMILES string of the molecule is CCCN(Cc1nc(C(=O)OC)co1)C(=O)Nc1ccc(C#N)cc1. The van der Waals surface area contributed by atoms with Crippen LogP contribution >= 0.6 is 0 Å². The molecule has 2 aromatic rings. The molecule has 0 unspecified atom stereocenters. The quantitative estimate of drug-likeness (QED) is 0.809. The van der Waals surface area contributed by atoms with Crippen molar-refractivity contribution in [3.63, 3.8) is 0 Å². The predicted molar refractivity (Wildman–Crippen MR) is 88.7 cm³/mol. The van der Waals surface area contributed by atoms with Crippen molar-refractivity contribution < 1.29 is 18.7 Å². The Morgan fingerprint density at radius 2 is 2.08 bits per heavy atom. The molecule has 130 valence electrons. The van der Waals surface area contributed by atoms with E-state index in [1.165, 1.54) is 18.3 Å². The van der Waals surface area contributed by atoms with Crippen LogP contribution in [0, 0.1) is 11.3 Å². The number of methoxy groups -OCH3 is 1. The predicted octanol–water partition coefficient (Wildman–Crippen LogP) is 2.78. The molecule has 2 amide bonds. The average molecular weight is 342 g/mol. The fourth-order valence-electron chi connectivity index (χ4n) is 2.10. The Balaban J connectivity index is 2.05. The van der Waals surface area contributed by atoms with Crippen molar-refractivity contribution in [3.05, 3.63) is 47.7 Å². The molecule has 8 heteroatoms. The Morgan fingerprint density at radius 1 is 1.36 bits per heavy atom. The van der Waals surface area contributed by atoms with E-state index in [2.05, 4.69) is 15.0 Å². The van der Waals surface area contributed by atoms with Crippen LogP contribution in [0.4, 0.5) is 10.5 Å². The summed E-state index contributed by atoms with van der Waals surface area (Å²) in [4.78, 5) is 29.4. The molecule has 2 rings (SSSR count). The lowest BCUT2D eigenvalue weighted by Crippen LogP contribution is -2.35. The summed E-state index contributed by atoms with van der Waals surface area (Å²) >= 11 is 0. The number of aromatic nitrogens is 1. The molecule has 1 aromatic heterocycles. The summed E-state index contributed by atoms with van der Waals surface area (Å²) < 4.78 is 9.80. The highest BCUT2D eigenvalue weighted by atomic mass is 16.5. The number of amides is 2. The van der Waals surface area contributed by atoms with E-state index < -0.39 is 5.97 Å². The monoisotopic (exact) mass is 342 g/mol. The molecule has 1 aromatic carbocycles. The van der Waals surface area contributed by atoms with Gasteiger partial charge in [-0.15, -0.1) is 0 Å². The molecule has 0 radical (unpaired) electrons. The van der Waals surface area contributed by atoms with Crippen LogP contribution in [0.5, 0.6) is 0 Å². The molecule has 1 heterocycles. The summed E-state index contributed by atoms with van der Waals surface area (Å²) in [6.07, 6.45) is 1.94. The Bertz CT molecular complexity index is 777. The number of carbonyl (C=O) groups is 2. The Labute approximate surface area is 145 Å². The molecule has 0 aliphatic heterocycles. The summed E-state index contributed by atoms with van der Waals surface area (Å²) in [6.45, 7) is 2.54. The van der Waals surface area contributed by atoms with Crippen LogP contribution in [0.3, 0.4) is 0 Å². The topological polar surface area (TPSA) is 108 Å². The standard InChI is InChI=1S/C17H18N4O4/c1-3-8-21(10-15-20-14(11-25-15)16(22)24-2)17(23)19-13-6-4-12(9-18)5-7-13/h4-7,11H,3,8,10H2,1-2H3,(H,19,23). The number of ether oxygens (including phenoxy) is 1. The molecule has 0 aliphatic carbocycles. The van der Waals surface area contributed by atoms with Crippen LogP contribution in [0.2, 0.25) is 0 Å². The van der Waals surface area contributed by atoms with Gasteiger partial charge in [0.15, 0.2) is 5.69 Å². The van der Waals surface area contributed by atoms with Gasteiger partial charge in [0, 0.05) is 12.2 Å². The molecule has 0 aliphatic rings. The normalized spacial score (nSPS) is 9.96. The highest BCUT2D eigenvalue weighted by Gasteiger charge is 2.18. The number of rotatable bonds is 6. The van der Waals surface area contributed by atoms with E-state index >= 15 is 0 Å². The first-order chi connectivity index (χ1) is 12.1. The van der Waals surface area contributed by atoms with E-state index in [4.69, 9.17) is 9.68 Å². The highest BCUT2D eigenvalue weighted by molar-refractivity contribution is 5.89. The molecule has 0 spiro atoms. The van der Waals surface area contributed by atoms with Crippen LogP contribution < -0.4 is 5.32 Å². The van der Waals surface area contributed by atoms with Gasteiger partial charge in [-0.25, -0.2) is 14.6 Å². The molecule has 8 nitrogen and oxygen atoms in total. The van der Waals surface area contributed by atoms with Crippen LogP contribution in [0.15, 0.2) is 34.9 Å². The van der Waals surface area contributed by atoms with Crippen LogP contribution in [-0.4, -0.2) is 35.5 Å². The van der Waals surface area contributed by atoms with E-state index in [1.807, 2.05) is 13.0 Å². The van der Waals surface area contributed by atoms with Gasteiger partial charge in [-0.1, -0.05) is 6.92 Å². The van der Waals surface area contributed by atoms with E-state index in [1.54, 1.807) is 24.3 Å². The third kappa shape index (κ3) is 4.81. The smallest absolute Gasteiger partial charge is 0.360 e. The first kappa shape index (κ1) is 18.0. The van der Waals surface area contributed by atoms with Crippen LogP contribution in [-0.2, 0) is 11.3 Å². The van der Waals surface area contributed by atoms with Crippen molar-refractivity contribution in [2.24, 2.45) is 0 Å². The van der Waals surface area contributed by atoms with Gasteiger partial charge >= 0.3 is 12.0 Å². The number of hydrogen-bond acceptors (Lipinski definition) is 6. The maximum Gasteiger partial charge on any atom is 0.360 e. The molecule has 1 N–H and O–H groups in total. The maximum absolute atomic E-state index is 12.4. The molecular weight excluding hydrogens is 324 g/mol. The van der Waals surface area contributed by atoms with E-state index in [0.29, 0.717) is 17.8 Å². The van der Waals surface area contributed by atoms with Crippen molar-refractivity contribution in [1.82, 2.24) is 9.88 Å². The number of hydrogen-bond donors (Lipinski definition) is 1. The number of nitriles is 1. The first-order valence-electron chi connectivity index (χ1n) is 7.66. The molecule has 0 atom stereocenters. The minimum absolute atomic E-state index is 0.0569. The third-order valence-corrected chi connectivity index (χ3v) is 3.32. The van der Waals surface area contributed by atoms with Gasteiger partial charge in [-0.2, -0.15) is 5.26 Å². The van der Waals surface area contributed by atoms with Gasteiger partial charge in [0.25, 0.3) is 0 Å². The number of nitrogens with one attached hydrogen (secondary N) is 1. The average Bonchev–Trinajstić information content (AvgIpc) is 3.10. The third-order valence-electron chi connectivity index (χ3n) is 3.32. The van der Waals surface area contributed by atoms with E-state index in [-0.39, 0.29) is 24.2 Å². The lowest BCUT2D eigenvalue weighted by Gasteiger charge is -2.21. The number of nitrogens with zero attached hydrogens (tertiary/aromatic N) is 3. The fraction of sp³-hybridized carbons (Fsp3) is 0.294. The fourth-order valence-corrected chi connectivity index (χ4v) is 2.10. The zero-order chi connectivity index (χ0) is 18.2. The van der Waals surface area contributed by atoms with Crippen molar-refractivity contribution in [2.75, 3.05) is 19.0 Å². The van der Waals surface area contributed by atoms with Gasteiger partial charge in [0.2, 0.25) is 5.89 Å². The molecule has 0 saturated carbocycles. The summed E-state index contributed by atoms with van der Waals surface area (Å²) in [5, 5.41) is 11.6.